The number of benzene rings is 1. The number of nitrogens with one attached hydrogen (secondary N) is 1. The second-order valence-electron chi connectivity index (χ2n) is 2.62. The molecule has 0 radical (unpaired) electrons. The van der Waals surface area contributed by atoms with Crippen molar-refractivity contribution < 1.29 is 14.7 Å². The van der Waals surface area contributed by atoms with Crippen LogP contribution < -0.4 is 10.4 Å². The van der Waals surface area contributed by atoms with Gasteiger partial charge < -0.3 is 15.2 Å². The summed E-state index contributed by atoms with van der Waals surface area (Å²) in [6, 6.07) is 7.18. The van der Waals surface area contributed by atoms with Crippen LogP contribution in [0.2, 0.25) is 0 Å². The number of carboxylic acids is 1. The van der Waals surface area contributed by atoms with Gasteiger partial charge in [0.15, 0.2) is 0 Å². The molecule has 0 spiro atoms. The van der Waals surface area contributed by atoms with E-state index in [1.54, 1.807) is 12.1 Å². The van der Waals surface area contributed by atoms with E-state index in [0.29, 0.717) is 11.8 Å². The quantitative estimate of drug-likeness (QED) is 0.653. The molecule has 1 aromatic rings. The van der Waals surface area contributed by atoms with E-state index >= 15 is 0 Å². The SMILES string of the molecule is O=C([O-])C=CC(=O)Nc1ccccc1I. The van der Waals surface area contributed by atoms with Gasteiger partial charge in [0.05, 0.1) is 11.7 Å². The minimum Gasteiger partial charge on any atom is -0.545 e. The van der Waals surface area contributed by atoms with Gasteiger partial charge in [-0.05, 0) is 40.8 Å². The maximum atomic E-state index is 11.2. The summed E-state index contributed by atoms with van der Waals surface area (Å²) >= 11 is 2.07. The van der Waals surface area contributed by atoms with Crippen LogP contribution >= 0.6 is 22.6 Å². The highest BCUT2D eigenvalue weighted by Crippen LogP contribution is 2.16. The molecule has 0 unspecified atom stereocenters. The van der Waals surface area contributed by atoms with E-state index in [9.17, 15) is 14.7 Å². The number of carboxylic acid groups (broad SMARTS) is 1. The maximum Gasteiger partial charge on any atom is 0.248 e. The zero-order valence-electron chi connectivity index (χ0n) is 7.57. The van der Waals surface area contributed by atoms with Crippen molar-refractivity contribution in [2.45, 2.75) is 0 Å². The highest BCUT2D eigenvalue weighted by atomic mass is 127. The van der Waals surface area contributed by atoms with E-state index in [1.165, 1.54) is 0 Å². The molecule has 15 heavy (non-hydrogen) atoms. The third-order valence-electron chi connectivity index (χ3n) is 1.50. The van der Waals surface area contributed by atoms with Crippen LogP contribution in [0, 0.1) is 3.57 Å². The standard InChI is InChI=1S/C10H8INO3/c11-7-3-1-2-4-8(7)12-9(13)5-6-10(14)15/h1-6H,(H,12,13)(H,14,15)/p-1. The van der Waals surface area contributed by atoms with Gasteiger partial charge in [-0.1, -0.05) is 12.1 Å². The second-order valence-corrected chi connectivity index (χ2v) is 3.78. The Bertz CT molecular complexity index is 415. The van der Waals surface area contributed by atoms with Gasteiger partial charge in [0, 0.05) is 9.65 Å². The van der Waals surface area contributed by atoms with Gasteiger partial charge in [-0.15, -0.1) is 0 Å². The van der Waals surface area contributed by atoms with Crippen molar-refractivity contribution in [2.75, 3.05) is 5.32 Å². The molecule has 1 amide bonds. The fourth-order valence-electron chi connectivity index (χ4n) is 0.881. The lowest BCUT2D eigenvalue weighted by molar-refractivity contribution is -0.297. The number of aliphatic carboxylic acids is 1. The van der Waals surface area contributed by atoms with Crippen LogP contribution in [0.15, 0.2) is 36.4 Å². The number of halogens is 1. The minimum absolute atomic E-state index is 0.497. The highest BCUT2D eigenvalue weighted by molar-refractivity contribution is 14.1. The van der Waals surface area contributed by atoms with Crippen LogP contribution in [0.3, 0.4) is 0 Å². The summed E-state index contributed by atoms with van der Waals surface area (Å²) in [4.78, 5) is 21.2. The number of rotatable bonds is 3. The van der Waals surface area contributed by atoms with Crippen molar-refractivity contribution in [3.8, 4) is 0 Å². The predicted octanol–water partition coefficient (Wildman–Crippen LogP) is 0.536. The molecule has 0 aliphatic carbocycles. The number of hydrogen-bond acceptors (Lipinski definition) is 3. The zero-order valence-corrected chi connectivity index (χ0v) is 9.72. The Kier molecular flexibility index (Phi) is 4.29. The molecule has 0 saturated carbocycles. The smallest absolute Gasteiger partial charge is 0.248 e. The lowest BCUT2D eigenvalue weighted by Crippen LogP contribution is -2.20. The molecule has 0 aliphatic heterocycles. The largest absolute Gasteiger partial charge is 0.545 e. The number of hydrogen-bond donors (Lipinski definition) is 1. The van der Waals surface area contributed by atoms with Gasteiger partial charge in [-0.3, -0.25) is 4.79 Å². The topological polar surface area (TPSA) is 69.2 Å². The Morgan fingerprint density at radius 3 is 2.53 bits per heavy atom. The number of anilines is 1. The molecular formula is C10H7INO3-. The summed E-state index contributed by atoms with van der Waals surface area (Å²) in [6.45, 7) is 0. The average molecular weight is 316 g/mol. The van der Waals surface area contributed by atoms with Crippen LogP contribution in [-0.4, -0.2) is 11.9 Å². The number of carbonyl (C=O) groups excluding carboxylic acids is 2. The molecule has 1 aromatic carbocycles. The van der Waals surface area contributed by atoms with Gasteiger partial charge in [-0.25, -0.2) is 0 Å². The molecular weight excluding hydrogens is 309 g/mol. The third kappa shape index (κ3) is 4.11. The van der Waals surface area contributed by atoms with Crippen molar-refractivity contribution in [1.29, 1.82) is 0 Å². The fourth-order valence-corrected chi connectivity index (χ4v) is 1.40. The maximum absolute atomic E-state index is 11.2. The first-order valence-corrected chi connectivity index (χ1v) is 5.12. The van der Waals surface area contributed by atoms with Gasteiger partial charge in [0.25, 0.3) is 0 Å². The molecule has 1 N–H and O–H groups in total. The summed E-state index contributed by atoms with van der Waals surface area (Å²) in [5.74, 6) is -1.89. The monoisotopic (exact) mass is 316 g/mol. The zero-order chi connectivity index (χ0) is 11.3. The first kappa shape index (κ1) is 11.7. The molecule has 5 heteroatoms. The summed E-state index contributed by atoms with van der Waals surface area (Å²) < 4.78 is 0.880. The van der Waals surface area contributed by atoms with E-state index in [4.69, 9.17) is 0 Å². The van der Waals surface area contributed by atoms with Crippen LogP contribution in [0.4, 0.5) is 5.69 Å². The molecule has 4 nitrogen and oxygen atoms in total. The normalized spacial score (nSPS) is 10.2. The predicted molar refractivity (Wildman–Crippen MR) is 61.9 cm³/mol. The van der Waals surface area contributed by atoms with E-state index in [-0.39, 0.29) is 0 Å². The van der Waals surface area contributed by atoms with Crippen molar-refractivity contribution in [2.24, 2.45) is 0 Å². The first-order chi connectivity index (χ1) is 7.09. The number of carbonyl (C=O) groups is 2. The van der Waals surface area contributed by atoms with Crippen LogP contribution in [-0.2, 0) is 9.59 Å². The Morgan fingerprint density at radius 2 is 1.93 bits per heavy atom. The molecule has 1 rings (SSSR count). The molecule has 0 aromatic heterocycles. The Hall–Kier alpha value is -1.37. The molecule has 0 fully saturated rings. The highest BCUT2D eigenvalue weighted by Gasteiger charge is 2.00. The second kappa shape index (κ2) is 5.50. The summed E-state index contributed by atoms with van der Waals surface area (Å²) in [5.41, 5.74) is 0.645. The van der Waals surface area contributed by atoms with E-state index < -0.39 is 11.9 Å². The molecule has 0 heterocycles. The molecule has 0 bridgehead atoms. The summed E-state index contributed by atoms with van der Waals surface area (Å²) in [7, 11) is 0. The van der Waals surface area contributed by atoms with Crippen molar-refractivity contribution in [3.05, 3.63) is 40.0 Å². The molecule has 0 atom stereocenters. The third-order valence-corrected chi connectivity index (χ3v) is 2.44. The first-order valence-electron chi connectivity index (χ1n) is 4.04. The molecule has 0 aliphatic rings. The lowest BCUT2D eigenvalue weighted by Gasteiger charge is -2.03. The summed E-state index contributed by atoms with van der Waals surface area (Å²) in [6.07, 6.45) is 1.60. The van der Waals surface area contributed by atoms with Gasteiger partial charge >= 0.3 is 0 Å². The molecule has 0 saturated heterocycles. The van der Waals surface area contributed by atoms with Crippen molar-refractivity contribution in [3.63, 3.8) is 0 Å². The Balaban J connectivity index is 2.67. The average Bonchev–Trinajstić information content (AvgIpc) is 2.18. The van der Waals surface area contributed by atoms with Gasteiger partial charge in [-0.2, -0.15) is 0 Å². The molecule has 78 valence electrons. The number of amides is 1. The van der Waals surface area contributed by atoms with Crippen LogP contribution in [0.1, 0.15) is 0 Å². The Morgan fingerprint density at radius 1 is 1.27 bits per heavy atom. The van der Waals surface area contributed by atoms with Gasteiger partial charge in [0.2, 0.25) is 5.91 Å². The van der Waals surface area contributed by atoms with Crippen molar-refractivity contribution in [1.82, 2.24) is 0 Å². The van der Waals surface area contributed by atoms with E-state index in [1.807, 2.05) is 12.1 Å². The van der Waals surface area contributed by atoms with E-state index in [2.05, 4.69) is 27.9 Å². The van der Waals surface area contributed by atoms with Crippen molar-refractivity contribution >= 4 is 40.2 Å². The minimum atomic E-state index is -1.40. The van der Waals surface area contributed by atoms with Crippen LogP contribution in [0.25, 0.3) is 0 Å². The van der Waals surface area contributed by atoms with E-state index in [0.717, 1.165) is 9.65 Å². The summed E-state index contributed by atoms with van der Waals surface area (Å²) in [5, 5.41) is 12.6. The fraction of sp³-hybridized carbons (Fsp3) is 0. The van der Waals surface area contributed by atoms with Gasteiger partial charge in [0.1, 0.15) is 0 Å². The Labute approximate surface area is 100 Å². The number of para-hydroxylation sites is 1. The van der Waals surface area contributed by atoms with Crippen LogP contribution in [0.5, 0.6) is 0 Å². The lowest BCUT2D eigenvalue weighted by atomic mass is 10.3.